The van der Waals surface area contributed by atoms with Crippen LogP contribution < -0.4 is 0 Å². The second-order valence-electron chi connectivity index (χ2n) is 2.83. The Balaban J connectivity index is 3.26. The number of carbonyl (C=O) groups is 1. The number of rotatable bonds is 2. The lowest BCUT2D eigenvalue weighted by Gasteiger charge is -2.12. The Kier molecular flexibility index (Phi) is 2.83. The highest BCUT2D eigenvalue weighted by Gasteiger charge is 2.34. The van der Waals surface area contributed by atoms with Crippen molar-refractivity contribution in [2.24, 2.45) is 0 Å². The van der Waals surface area contributed by atoms with Crippen LogP contribution in [0.15, 0.2) is 30.8 Å². The summed E-state index contributed by atoms with van der Waals surface area (Å²) >= 11 is 0. The number of aromatic carboxylic acids is 1. The Hall–Kier alpha value is -1.78. The van der Waals surface area contributed by atoms with Gasteiger partial charge >= 0.3 is 12.1 Å². The maximum absolute atomic E-state index is 12.3. The molecule has 0 fully saturated rings. The SMILES string of the molecule is C=C(c1ccccc1C(=O)O)C(F)(F)F. The Morgan fingerprint density at radius 2 is 1.67 bits per heavy atom. The molecule has 5 heteroatoms. The summed E-state index contributed by atoms with van der Waals surface area (Å²) in [5.41, 5.74) is -1.96. The number of allylic oxidation sites excluding steroid dienone is 1. The molecule has 0 saturated heterocycles. The number of benzene rings is 1. The summed E-state index contributed by atoms with van der Waals surface area (Å²) in [4.78, 5) is 10.6. The molecule has 80 valence electrons. The van der Waals surface area contributed by atoms with E-state index < -0.39 is 28.8 Å². The molecular formula is C10H7F3O2. The molecule has 0 bridgehead atoms. The summed E-state index contributed by atoms with van der Waals surface area (Å²) in [5.74, 6) is -1.41. The third kappa shape index (κ3) is 2.37. The highest BCUT2D eigenvalue weighted by atomic mass is 19.4. The Morgan fingerprint density at radius 1 is 1.20 bits per heavy atom. The second-order valence-corrected chi connectivity index (χ2v) is 2.83. The van der Waals surface area contributed by atoms with E-state index in [1.165, 1.54) is 12.1 Å². The molecule has 0 atom stereocenters. The van der Waals surface area contributed by atoms with Gasteiger partial charge in [-0.15, -0.1) is 0 Å². The summed E-state index contributed by atoms with van der Waals surface area (Å²) in [5, 5.41) is 8.67. The fourth-order valence-corrected chi connectivity index (χ4v) is 1.09. The summed E-state index contributed by atoms with van der Waals surface area (Å²) in [7, 11) is 0. The smallest absolute Gasteiger partial charge is 0.416 e. The molecule has 0 aliphatic rings. The van der Waals surface area contributed by atoms with Crippen LogP contribution in [0.1, 0.15) is 15.9 Å². The zero-order valence-corrected chi connectivity index (χ0v) is 7.51. The predicted molar refractivity (Wildman–Crippen MR) is 48.5 cm³/mol. The first-order chi connectivity index (χ1) is 6.84. The molecular weight excluding hydrogens is 209 g/mol. The van der Waals surface area contributed by atoms with Gasteiger partial charge in [-0.05, 0) is 6.07 Å². The molecule has 15 heavy (non-hydrogen) atoms. The minimum atomic E-state index is -4.62. The van der Waals surface area contributed by atoms with Gasteiger partial charge in [0, 0.05) is 5.56 Å². The minimum Gasteiger partial charge on any atom is -0.478 e. The number of carboxylic acid groups (broad SMARTS) is 1. The molecule has 2 nitrogen and oxygen atoms in total. The average molecular weight is 216 g/mol. The first kappa shape index (κ1) is 11.3. The van der Waals surface area contributed by atoms with Gasteiger partial charge in [0.25, 0.3) is 0 Å². The van der Waals surface area contributed by atoms with Gasteiger partial charge in [-0.1, -0.05) is 24.8 Å². The van der Waals surface area contributed by atoms with Gasteiger partial charge in [0.2, 0.25) is 0 Å². The van der Waals surface area contributed by atoms with E-state index in [1.54, 1.807) is 0 Å². The zero-order valence-electron chi connectivity index (χ0n) is 7.51. The monoisotopic (exact) mass is 216 g/mol. The van der Waals surface area contributed by atoms with Crippen molar-refractivity contribution in [1.82, 2.24) is 0 Å². The fourth-order valence-electron chi connectivity index (χ4n) is 1.09. The van der Waals surface area contributed by atoms with Gasteiger partial charge in [0.15, 0.2) is 0 Å². The van der Waals surface area contributed by atoms with Crippen LogP contribution >= 0.6 is 0 Å². The van der Waals surface area contributed by atoms with Gasteiger partial charge in [0.1, 0.15) is 0 Å². The van der Waals surface area contributed by atoms with Crippen molar-refractivity contribution < 1.29 is 23.1 Å². The Morgan fingerprint density at radius 3 is 2.07 bits per heavy atom. The van der Waals surface area contributed by atoms with Crippen LogP contribution in [0.5, 0.6) is 0 Å². The summed E-state index contributed by atoms with van der Waals surface area (Å²) in [6.07, 6.45) is -4.62. The minimum absolute atomic E-state index is 0.403. The lowest BCUT2D eigenvalue weighted by molar-refractivity contribution is -0.0686. The Bertz CT molecular complexity index is 407. The molecule has 1 N–H and O–H groups in total. The van der Waals surface area contributed by atoms with Crippen molar-refractivity contribution in [2.75, 3.05) is 0 Å². The highest BCUT2D eigenvalue weighted by Crippen LogP contribution is 2.33. The number of hydrogen-bond donors (Lipinski definition) is 1. The van der Waals surface area contributed by atoms with E-state index in [9.17, 15) is 18.0 Å². The van der Waals surface area contributed by atoms with Crippen LogP contribution in [0.3, 0.4) is 0 Å². The molecule has 0 amide bonds. The second kappa shape index (κ2) is 3.76. The van der Waals surface area contributed by atoms with Gasteiger partial charge in [0.05, 0.1) is 11.1 Å². The van der Waals surface area contributed by atoms with Crippen molar-refractivity contribution in [2.45, 2.75) is 6.18 Å². The van der Waals surface area contributed by atoms with Crippen molar-refractivity contribution in [3.8, 4) is 0 Å². The van der Waals surface area contributed by atoms with E-state index >= 15 is 0 Å². The summed E-state index contributed by atoms with van der Waals surface area (Å²) in [6.45, 7) is 2.85. The van der Waals surface area contributed by atoms with E-state index in [-0.39, 0.29) is 0 Å². The van der Waals surface area contributed by atoms with Crippen molar-refractivity contribution in [1.29, 1.82) is 0 Å². The first-order valence-corrected chi connectivity index (χ1v) is 3.93. The van der Waals surface area contributed by atoms with Crippen LogP contribution in [-0.4, -0.2) is 17.3 Å². The molecule has 0 heterocycles. The topological polar surface area (TPSA) is 37.3 Å². The van der Waals surface area contributed by atoms with Crippen LogP contribution in [0.25, 0.3) is 5.57 Å². The molecule has 0 unspecified atom stereocenters. The normalized spacial score (nSPS) is 11.1. The number of halogens is 3. The number of carboxylic acids is 1. The van der Waals surface area contributed by atoms with E-state index in [0.717, 1.165) is 12.1 Å². The third-order valence-electron chi connectivity index (χ3n) is 1.82. The standard InChI is InChI=1S/C10H7F3O2/c1-6(10(11,12)13)7-4-2-3-5-8(7)9(14)15/h2-5H,1H2,(H,14,15). The summed E-state index contributed by atoms with van der Waals surface area (Å²) < 4.78 is 36.9. The number of hydrogen-bond acceptors (Lipinski definition) is 1. The fraction of sp³-hybridized carbons (Fsp3) is 0.100. The molecule has 0 aliphatic heterocycles. The first-order valence-electron chi connectivity index (χ1n) is 3.93. The molecule has 1 rings (SSSR count). The van der Waals surface area contributed by atoms with Gasteiger partial charge in [-0.2, -0.15) is 13.2 Å². The molecule has 0 aromatic heterocycles. The quantitative estimate of drug-likeness (QED) is 0.825. The van der Waals surface area contributed by atoms with E-state index in [1.807, 2.05) is 0 Å². The lowest BCUT2D eigenvalue weighted by atomic mass is 10.0. The van der Waals surface area contributed by atoms with E-state index in [0.29, 0.717) is 0 Å². The van der Waals surface area contributed by atoms with Crippen LogP contribution in [-0.2, 0) is 0 Å². The highest BCUT2D eigenvalue weighted by molar-refractivity contribution is 5.94. The maximum Gasteiger partial charge on any atom is 0.416 e. The van der Waals surface area contributed by atoms with Crippen molar-refractivity contribution in [3.05, 3.63) is 42.0 Å². The van der Waals surface area contributed by atoms with Gasteiger partial charge < -0.3 is 5.11 Å². The van der Waals surface area contributed by atoms with E-state index in [4.69, 9.17) is 5.11 Å². The molecule has 0 spiro atoms. The Labute approximate surface area is 83.7 Å². The summed E-state index contributed by atoms with van der Waals surface area (Å²) in [6, 6.07) is 4.88. The van der Waals surface area contributed by atoms with Crippen molar-refractivity contribution in [3.63, 3.8) is 0 Å². The third-order valence-corrected chi connectivity index (χ3v) is 1.82. The van der Waals surface area contributed by atoms with Crippen LogP contribution in [0.4, 0.5) is 13.2 Å². The average Bonchev–Trinajstić information content (AvgIpc) is 2.15. The molecule has 0 aliphatic carbocycles. The molecule has 1 aromatic rings. The van der Waals surface area contributed by atoms with Crippen LogP contribution in [0.2, 0.25) is 0 Å². The lowest BCUT2D eigenvalue weighted by Crippen LogP contribution is -2.12. The maximum atomic E-state index is 12.3. The van der Waals surface area contributed by atoms with Crippen molar-refractivity contribution >= 4 is 11.5 Å². The number of alkyl halides is 3. The van der Waals surface area contributed by atoms with Gasteiger partial charge in [-0.3, -0.25) is 0 Å². The largest absolute Gasteiger partial charge is 0.478 e. The van der Waals surface area contributed by atoms with Gasteiger partial charge in [-0.25, -0.2) is 4.79 Å². The van der Waals surface area contributed by atoms with Crippen LogP contribution in [0, 0.1) is 0 Å². The molecule has 0 radical (unpaired) electrons. The predicted octanol–water partition coefficient (Wildman–Crippen LogP) is 2.96. The zero-order chi connectivity index (χ0) is 11.6. The molecule has 0 saturated carbocycles. The van der Waals surface area contributed by atoms with E-state index in [2.05, 4.69) is 6.58 Å². The molecule has 1 aromatic carbocycles.